The molecule has 0 unspecified atom stereocenters. The molecule has 10 nitrogen and oxygen atoms in total. The van der Waals surface area contributed by atoms with E-state index >= 15 is 0 Å². The first-order chi connectivity index (χ1) is 10.8. The Kier molecular flexibility index (Phi) is 4.90. The monoisotopic (exact) mass is 326 g/mol. The average molecular weight is 326 g/mol. The lowest BCUT2D eigenvalue weighted by atomic mass is 10.1. The van der Waals surface area contributed by atoms with Gasteiger partial charge in [0.05, 0.1) is 18.8 Å². The fourth-order valence-corrected chi connectivity index (χ4v) is 2.21. The van der Waals surface area contributed by atoms with Crippen molar-refractivity contribution in [1.82, 2.24) is 19.5 Å². The second kappa shape index (κ2) is 6.54. The first-order valence-corrected chi connectivity index (χ1v) is 6.89. The number of fused-ring (bicyclic) bond motifs is 1. The number of nitrogens with one attached hydrogen (secondary N) is 1. The number of hydrogen-bond donors (Lipinski definition) is 5. The Hall–Kier alpha value is -2.14. The molecule has 23 heavy (non-hydrogen) atoms. The predicted molar refractivity (Wildman–Crippen MR) is 78.1 cm³/mol. The molecule has 0 fully saturated rings. The number of aromatic amines is 1. The molecule has 0 spiro atoms. The van der Waals surface area contributed by atoms with Crippen LogP contribution >= 0.6 is 0 Å². The van der Waals surface area contributed by atoms with Crippen LogP contribution in [0.2, 0.25) is 0 Å². The van der Waals surface area contributed by atoms with E-state index in [0.29, 0.717) is 11.4 Å². The van der Waals surface area contributed by atoms with Gasteiger partial charge in [-0.05, 0) is 13.8 Å². The van der Waals surface area contributed by atoms with E-state index in [1.165, 1.54) is 4.57 Å². The fourth-order valence-electron chi connectivity index (χ4n) is 2.21. The van der Waals surface area contributed by atoms with Crippen molar-refractivity contribution in [2.45, 2.75) is 38.7 Å². The van der Waals surface area contributed by atoms with Gasteiger partial charge >= 0.3 is 5.69 Å². The lowest BCUT2D eigenvalue weighted by Crippen LogP contribution is -2.42. The van der Waals surface area contributed by atoms with Crippen LogP contribution in [0.4, 0.5) is 0 Å². The molecular weight excluding hydrogens is 308 g/mol. The zero-order valence-corrected chi connectivity index (χ0v) is 12.6. The van der Waals surface area contributed by atoms with Crippen molar-refractivity contribution < 1.29 is 20.4 Å². The highest BCUT2D eigenvalue weighted by molar-refractivity contribution is 5.50. The zero-order valence-electron chi connectivity index (χ0n) is 12.6. The molecule has 0 amide bonds. The maximum Gasteiger partial charge on any atom is 0.349 e. The van der Waals surface area contributed by atoms with Crippen molar-refractivity contribution >= 4 is 0 Å². The van der Waals surface area contributed by atoms with E-state index in [1.54, 1.807) is 13.8 Å². The Morgan fingerprint density at radius 3 is 2.39 bits per heavy atom. The van der Waals surface area contributed by atoms with Crippen LogP contribution in [0.3, 0.4) is 0 Å². The number of aliphatic hydroxyl groups is 4. The summed E-state index contributed by atoms with van der Waals surface area (Å²) in [6.45, 7) is 2.32. The van der Waals surface area contributed by atoms with Crippen molar-refractivity contribution in [3.63, 3.8) is 0 Å². The predicted octanol–water partition coefficient (Wildman–Crippen LogP) is -2.88. The smallest absolute Gasteiger partial charge is 0.349 e. The summed E-state index contributed by atoms with van der Waals surface area (Å²) >= 11 is 0. The number of hydrogen-bond acceptors (Lipinski definition) is 8. The van der Waals surface area contributed by atoms with Crippen LogP contribution < -0.4 is 11.2 Å². The summed E-state index contributed by atoms with van der Waals surface area (Å²) < 4.78 is 1.37. The van der Waals surface area contributed by atoms with Gasteiger partial charge in [-0.2, -0.15) is 4.98 Å². The summed E-state index contributed by atoms with van der Waals surface area (Å²) in [6.07, 6.45) is -4.59. The Bertz CT molecular complexity index is 785. The van der Waals surface area contributed by atoms with Crippen molar-refractivity contribution in [1.29, 1.82) is 0 Å². The number of nitrogens with zero attached hydrogens (tertiary/aromatic N) is 3. The normalized spacial score (nSPS) is 15.6. The number of rotatable bonds is 5. The molecule has 2 aliphatic heterocycles. The summed E-state index contributed by atoms with van der Waals surface area (Å²) in [6, 6.07) is 0. The average Bonchev–Trinajstić information content (AvgIpc) is 2.51. The van der Waals surface area contributed by atoms with Gasteiger partial charge in [-0.3, -0.25) is 9.78 Å². The molecular formula is C13H18N4O6. The molecule has 0 aromatic heterocycles. The van der Waals surface area contributed by atoms with Gasteiger partial charge in [0.15, 0.2) is 11.5 Å². The van der Waals surface area contributed by atoms with Crippen LogP contribution in [0.1, 0.15) is 11.4 Å². The third-order valence-electron chi connectivity index (χ3n) is 3.66. The highest BCUT2D eigenvalue weighted by Gasteiger charge is 2.27. The van der Waals surface area contributed by atoms with E-state index in [-0.39, 0.29) is 18.1 Å². The third-order valence-corrected chi connectivity index (χ3v) is 3.66. The van der Waals surface area contributed by atoms with Crippen LogP contribution in [0, 0.1) is 13.8 Å². The Morgan fingerprint density at radius 1 is 1.13 bits per heavy atom. The van der Waals surface area contributed by atoms with E-state index in [2.05, 4.69) is 9.97 Å². The highest BCUT2D eigenvalue weighted by atomic mass is 16.4. The molecule has 5 N–H and O–H groups in total. The summed E-state index contributed by atoms with van der Waals surface area (Å²) in [5, 5.41) is 38.0. The van der Waals surface area contributed by atoms with Gasteiger partial charge in [0, 0.05) is 5.69 Å². The topological polar surface area (TPSA) is 162 Å². The van der Waals surface area contributed by atoms with E-state index < -0.39 is 36.2 Å². The van der Waals surface area contributed by atoms with E-state index in [4.69, 9.17) is 5.11 Å². The zero-order chi connectivity index (χ0) is 17.3. The second-order valence-electron chi connectivity index (χ2n) is 5.24. The minimum atomic E-state index is -1.61. The summed E-state index contributed by atoms with van der Waals surface area (Å²) in [4.78, 5) is 33.1. The molecule has 2 heterocycles. The van der Waals surface area contributed by atoms with Gasteiger partial charge < -0.3 is 25.0 Å². The Balaban J connectivity index is 2.53. The summed E-state index contributed by atoms with van der Waals surface area (Å²) in [5.41, 5.74) is -0.626. The van der Waals surface area contributed by atoms with Crippen LogP contribution in [0.5, 0.6) is 0 Å². The van der Waals surface area contributed by atoms with E-state index in [1.807, 2.05) is 4.98 Å². The van der Waals surface area contributed by atoms with E-state index in [9.17, 15) is 24.9 Å². The second-order valence-corrected chi connectivity index (χ2v) is 5.24. The largest absolute Gasteiger partial charge is 0.394 e. The maximum atomic E-state index is 11.8. The van der Waals surface area contributed by atoms with Gasteiger partial charge in [-0.15, -0.1) is 0 Å². The summed E-state index contributed by atoms with van der Waals surface area (Å²) in [5.74, 6) is -0.0356. The van der Waals surface area contributed by atoms with Gasteiger partial charge in [0.25, 0.3) is 5.56 Å². The molecule has 10 heteroatoms. The first-order valence-electron chi connectivity index (χ1n) is 6.89. The molecule has 0 radical (unpaired) electrons. The van der Waals surface area contributed by atoms with Crippen molar-refractivity contribution in [2.24, 2.45) is 0 Å². The third kappa shape index (κ3) is 3.29. The molecule has 2 aliphatic rings. The lowest BCUT2D eigenvalue weighted by Gasteiger charge is -2.25. The standard InChI is InChI=1S/C13H18N4O6/c1-5-6(2)17(3-7(19)10(21)8(20)4-18)11-9(14-5)12(22)16-13(23)15-11/h7-8,10,18-21H,3-4H2,1-2H3,(H,16,22,23)/t7-,8-,10+/m1/s1. The molecule has 0 aromatic carbocycles. The van der Waals surface area contributed by atoms with Gasteiger partial charge in [0.1, 0.15) is 18.3 Å². The number of H-pyrrole nitrogens is 1. The van der Waals surface area contributed by atoms with E-state index in [0.717, 1.165) is 0 Å². The maximum absolute atomic E-state index is 11.8. The molecule has 0 saturated carbocycles. The fraction of sp³-hybridized carbons (Fsp3) is 0.538. The molecule has 0 bridgehead atoms. The van der Waals surface area contributed by atoms with Crippen LogP contribution in [-0.4, -0.2) is 64.9 Å². The lowest BCUT2D eigenvalue weighted by molar-refractivity contribution is -0.0807. The quantitative estimate of drug-likeness (QED) is 0.391. The Labute approximate surface area is 130 Å². The first kappa shape index (κ1) is 17.2. The van der Waals surface area contributed by atoms with Gasteiger partial charge in [-0.25, -0.2) is 9.78 Å². The SMILES string of the molecule is Cc1nc2c(=O)[nH]c(=O)nc-2n(C[C@@H](O)[C@H](O)[C@H](O)CO)c1C. The highest BCUT2D eigenvalue weighted by Crippen LogP contribution is 2.18. The van der Waals surface area contributed by atoms with Gasteiger partial charge in [0.2, 0.25) is 0 Å². The van der Waals surface area contributed by atoms with Crippen LogP contribution in [0.25, 0.3) is 11.5 Å². The number of aryl methyl sites for hydroxylation is 1. The molecule has 0 saturated heterocycles. The molecule has 3 atom stereocenters. The van der Waals surface area contributed by atoms with Crippen LogP contribution in [0.15, 0.2) is 9.59 Å². The minimum absolute atomic E-state index is 0.0356. The van der Waals surface area contributed by atoms with Crippen molar-refractivity contribution in [3.05, 3.63) is 32.2 Å². The van der Waals surface area contributed by atoms with Gasteiger partial charge in [-0.1, -0.05) is 0 Å². The molecule has 126 valence electrons. The minimum Gasteiger partial charge on any atom is -0.394 e. The molecule has 0 aromatic rings. The summed E-state index contributed by atoms with van der Waals surface area (Å²) in [7, 11) is 0. The Morgan fingerprint density at radius 2 is 1.78 bits per heavy atom. The van der Waals surface area contributed by atoms with Crippen molar-refractivity contribution in [3.8, 4) is 11.5 Å². The van der Waals surface area contributed by atoms with Crippen molar-refractivity contribution in [2.75, 3.05) is 6.61 Å². The van der Waals surface area contributed by atoms with Crippen LogP contribution in [-0.2, 0) is 6.54 Å². The number of aromatic nitrogens is 4. The number of aliphatic hydroxyl groups excluding tert-OH is 4. The molecule has 0 aliphatic carbocycles. The molecule has 2 rings (SSSR count).